The molecule has 3 aromatic rings. The van der Waals surface area contributed by atoms with E-state index in [-0.39, 0.29) is 11.8 Å². The molecular weight excluding hydrogens is 335 g/mol. The molecule has 1 aromatic carbocycles. The van der Waals surface area contributed by atoms with Gasteiger partial charge in [-0.25, -0.2) is 4.39 Å². The first kappa shape index (κ1) is 16.7. The quantitative estimate of drug-likeness (QED) is 0.669. The van der Waals surface area contributed by atoms with Crippen molar-refractivity contribution in [3.63, 3.8) is 0 Å². The second kappa shape index (κ2) is 6.84. The second-order valence-corrected chi connectivity index (χ2v) is 6.58. The van der Waals surface area contributed by atoms with Crippen LogP contribution in [0.5, 0.6) is 5.75 Å². The Morgan fingerprint density at radius 2 is 1.92 bits per heavy atom. The van der Waals surface area contributed by atoms with Gasteiger partial charge in [-0.2, -0.15) is 0 Å². The number of anilines is 1. The maximum atomic E-state index is 13.3. The van der Waals surface area contributed by atoms with Crippen molar-refractivity contribution in [2.45, 2.75) is 37.8 Å². The Balaban J connectivity index is 1.78. The molecule has 7 heteroatoms. The van der Waals surface area contributed by atoms with Gasteiger partial charge in [0.15, 0.2) is 5.82 Å². The van der Waals surface area contributed by atoms with Crippen molar-refractivity contribution >= 4 is 16.6 Å². The van der Waals surface area contributed by atoms with E-state index in [0.717, 1.165) is 42.5 Å². The maximum Gasteiger partial charge on any atom is 0.158 e. The second-order valence-electron chi connectivity index (χ2n) is 6.58. The summed E-state index contributed by atoms with van der Waals surface area (Å²) >= 11 is 0. The number of halogens is 1. The van der Waals surface area contributed by atoms with E-state index in [1.54, 1.807) is 18.5 Å². The molecular formula is C19H19FN4O2. The lowest BCUT2D eigenvalue weighted by molar-refractivity contribution is 0.116. The van der Waals surface area contributed by atoms with Crippen LogP contribution in [0.25, 0.3) is 22.0 Å². The first-order valence-corrected chi connectivity index (χ1v) is 8.67. The third-order valence-electron chi connectivity index (χ3n) is 4.85. The maximum absolute atomic E-state index is 13.3. The van der Waals surface area contributed by atoms with Crippen molar-refractivity contribution < 1.29 is 14.6 Å². The van der Waals surface area contributed by atoms with E-state index < -0.39 is 11.9 Å². The summed E-state index contributed by atoms with van der Waals surface area (Å²) in [4.78, 5) is 4.16. The van der Waals surface area contributed by atoms with Gasteiger partial charge in [-0.05, 0) is 31.0 Å². The highest BCUT2D eigenvalue weighted by atomic mass is 19.1. The zero-order chi connectivity index (χ0) is 18.1. The van der Waals surface area contributed by atoms with Gasteiger partial charge in [0.1, 0.15) is 17.3 Å². The minimum atomic E-state index is -0.519. The Hall–Kier alpha value is -2.80. The number of aromatic nitrogens is 3. The lowest BCUT2D eigenvalue weighted by atomic mass is 9.92. The van der Waals surface area contributed by atoms with Crippen molar-refractivity contribution in [3.8, 4) is 17.0 Å². The first-order chi connectivity index (χ1) is 12.6. The molecule has 1 fully saturated rings. The van der Waals surface area contributed by atoms with E-state index >= 15 is 0 Å². The summed E-state index contributed by atoms with van der Waals surface area (Å²) in [6.45, 7) is 0. The van der Waals surface area contributed by atoms with Crippen LogP contribution in [0.2, 0.25) is 0 Å². The van der Waals surface area contributed by atoms with Gasteiger partial charge in [-0.1, -0.05) is 12.8 Å². The van der Waals surface area contributed by atoms with Gasteiger partial charge in [0.05, 0.1) is 12.1 Å². The number of hydrogen-bond donors (Lipinski definition) is 3. The topological polar surface area (TPSA) is 91.2 Å². The minimum absolute atomic E-state index is 0.0773. The van der Waals surface area contributed by atoms with Crippen molar-refractivity contribution in [1.82, 2.24) is 15.2 Å². The number of benzene rings is 1. The lowest BCUT2D eigenvalue weighted by Gasteiger charge is -2.29. The molecule has 1 saturated carbocycles. The van der Waals surface area contributed by atoms with Gasteiger partial charge in [0.25, 0.3) is 0 Å². The number of aliphatic hydroxyl groups is 1. The number of pyridine rings is 1. The van der Waals surface area contributed by atoms with Gasteiger partial charge < -0.3 is 15.5 Å². The number of rotatable bonds is 3. The summed E-state index contributed by atoms with van der Waals surface area (Å²) in [5.41, 5.74) is 0.856. The Bertz CT molecular complexity index is 950. The van der Waals surface area contributed by atoms with Gasteiger partial charge >= 0.3 is 0 Å². The standard InChI is InChI=1S/C19H19FN4O2/c20-11-5-6-13(17(26)9-11)18-12-7-8-21-10-14(12)19(24-23-18)22-15-3-1-2-4-16(15)25/h5-10,15-16,25-26H,1-4H2,(H,22,24)/t15-,16-/m1/s1. The molecule has 2 heterocycles. The third kappa shape index (κ3) is 3.06. The van der Waals surface area contributed by atoms with Gasteiger partial charge in [0, 0.05) is 34.8 Å². The zero-order valence-corrected chi connectivity index (χ0v) is 14.1. The third-order valence-corrected chi connectivity index (χ3v) is 4.85. The van der Waals surface area contributed by atoms with Gasteiger partial charge in [-0.3, -0.25) is 4.98 Å². The predicted octanol–water partition coefficient (Wildman–Crippen LogP) is 3.25. The molecule has 134 valence electrons. The molecule has 3 N–H and O–H groups in total. The van der Waals surface area contributed by atoms with E-state index in [1.165, 1.54) is 12.1 Å². The summed E-state index contributed by atoms with van der Waals surface area (Å²) in [6, 6.07) is 5.51. The Morgan fingerprint density at radius 3 is 2.73 bits per heavy atom. The van der Waals surface area contributed by atoms with Crippen LogP contribution in [0, 0.1) is 5.82 Å². The molecule has 0 spiro atoms. The van der Waals surface area contributed by atoms with Crippen LogP contribution < -0.4 is 5.32 Å². The Kier molecular flexibility index (Phi) is 4.38. The molecule has 0 bridgehead atoms. The predicted molar refractivity (Wildman–Crippen MR) is 96.3 cm³/mol. The summed E-state index contributed by atoms with van der Waals surface area (Å²) in [7, 11) is 0. The normalized spacial score (nSPS) is 20.2. The molecule has 0 amide bonds. The molecule has 0 unspecified atom stereocenters. The van der Waals surface area contributed by atoms with Crippen LogP contribution in [-0.4, -0.2) is 37.5 Å². The number of hydrogen-bond acceptors (Lipinski definition) is 6. The number of nitrogens with zero attached hydrogens (tertiary/aromatic N) is 3. The summed E-state index contributed by atoms with van der Waals surface area (Å²) < 4.78 is 13.3. The number of aliphatic hydroxyl groups excluding tert-OH is 1. The number of phenolic OH excluding ortho intramolecular Hbond substituents is 1. The van der Waals surface area contributed by atoms with E-state index in [4.69, 9.17) is 0 Å². The molecule has 4 rings (SSSR count). The fourth-order valence-electron chi connectivity index (χ4n) is 3.46. The van der Waals surface area contributed by atoms with E-state index in [0.29, 0.717) is 17.1 Å². The fraction of sp³-hybridized carbons (Fsp3) is 0.316. The fourth-order valence-corrected chi connectivity index (χ4v) is 3.46. The molecule has 1 aliphatic rings. The summed E-state index contributed by atoms with van der Waals surface area (Å²) in [5.74, 6) is -0.167. The highest BCUT2D eigenvalue weighted by molar-refractivity contribution is 6.00. The summed E-state index contributed by atoms with van der Waals surface area (Å²) in [6.07, 6.45) is 6.60. The molecule has 0 saturated heterocycles. The van der Waals surface area contributed by atoms with Crippen LogP contribution in [0.1, 0.15) is 25.7 Å². The van der Waals surface area contributed by atoms with E-state index in [1.807, 2.05) is 0 Å². The van der Waals surface area contributed by atoms with Crippen molar-refractivity contribution in [2.75, 3.05) is 5.32 Å². The highest BCUT2D eigenvalue weighted by Gasteiger charge is 2.24. The number of nitrogens with one attached hydrogen (secondary N) is 1. The number of fused-ring (bicyclic) bond motifs is 1. The molecule has 1 aliphatic carbocycles. The SMILES string of the molecule is Oc1cc(F)ccc1-c1nnc(N[C@@H]2CCCC[C@H]2O)c2cnccc12. The highest BCUT2D eigenvalue weighted by Crippen LogP contribution is 2.35. The smallest absolute Gasteiger partial charge is 0.158 e. The van der Waals surface area contributed by atoms with Crippen molar-refractivity contribution in [2.24, 2.45) is 0 Å². The van der Waals surface area contributed by atoms with Crippen molar-refractivity contribution in [1.29, 1.82) is 0 Å². The molecule has 26 heavy (non-hydrogen) atoms. The average Bonchev–Trinajstić information content (AvgIpc) is 2.64. The molecule has 0 radical (unpaired) electrons. The molecule has 2 atom stereocenters. The largest absolute Gasteiger partial charge is 0.507 e. The van der Waals surface area contributed by atoms with Crippen LogP contribution in [0.15, 0.2) is 36.7 Å². The first-order valence-electron chi connectivity index (χ1n) is 8.67. The van der Waals surface area contributed by atoms with Crippen LogP contribution in [0.4, 0.5) is 10.2 Å². The minimum Gasteiger partial charge on any atom is -0.507 e. The Labute approximate surface area is 149 Å². The molecule has 0 aliphatic heterocycles. The molecule has 2 aromatic heterocycles. The number of aromatic hydroxyl groups is 1. The average molecular weight is 354 g/mol. The van der Waals surface area contributed by atoms with Crippen molar-refractivity contribution in [3.05, 3.63) is 42.5 Å². The van der Waals surface area contributed by atoms with E-state index in [2.05, 4.69) is 20.5 Å². The van der Waals surface area contributed by atoms with Crippen LogP contribution >= 0.6 is 0 Å². The van der Waals surface area contributed by atoms with Gasteiger partial charge in [-0.15, -0.1) is 10.2 Å². The van der Waals surface area contributed by atoms with Gasteiger partial charge in [0.2, 0.25) is 0 Å². The van der Waals surface area contributed by atoms with Crippen LogP contribution in [-0.2, 0) is 0 Å². The molecule has 6 nitrogen and oxygen atoms in total. The monoisotopic (exact) mass is 354 g/mol. The summed E-state index contributed by atoms with van der Waals surface area (Å²) in [5, 5.41) is 33.6. The van der Waals surface area contributed by atoms with E-state index in [9.17, 15) is 14.6 Å². The van der Waals surface area contributed by atoms with Crippen LogP contribution in [0.3, 0.4) is 0 Å². The number of phenols is 1. The Morgan fingerprint density at radius 1 is 1.08 bits per heavy atom. The zero-order valence-electron chi connectivity index (χ0n) is 14.1. The lowest BCUT2D eigenvalue weighted by Crippen LogP contribution is -2.36.